The summed E-state index contributed by atoms with van der Waals surface area (Å²) in [6, 6.07) is 13.3. The molecule has 144 valence electrons. The molecule has 0 saturated heterocycles. The Morgan fingerprint density at radius 1 is 0.963 bits per heavy atom. The van der Waals surface area contributed by atoms with Gasteiger partial charge in [-0.25, -0.2) is 13.6 Å². The molecular formula is C19H23N3O4S. The SMILES string of the molecule is CCc1ccc(C(C)NC(=O)C(=O)NCc2ccc(S(N)(=O)=O)cc2)cc1. The van der Waals surface area contributed by atoms with Crippen LogP contribution in [0, 0.1) is 0 Å². The highest BCUT2D eigenvalue weighted by atomic mass is 32.2. The lowest BCUT2D eigenvalue weighted by Gasteiger charge is -2.14. The number of benzene rings is 2. The van der Waals surface area contributed by atoms with E-state index in [1.54, 1.807) is 6.92 Å². The van der Waals surface area contributed by atoms with Crippen LogP contribution >= 0.6 is 0 Å². The van der Waals surface area contributed by atoms with Crippen LogP contribution in [0.25, 0.3) is 0 Å². The Labute approximate surface area is 159 Å². The van der Waals surface area contributed by atoms with E-state index >= 15 is 0 Å². The number of nitrogens with two attached hydrogens (primary N) is 1. The molecule has 1 atom stereocenters. The number of rotatable bonds is 6. The van der Waals surface area contributed by atoms with Gasteiger partial charge in [-0.15, -0.1) is 0 Å². The third-order valence-corrected chi connectivity index (χ3v) is 5.08. The minimum absolute atomic E-state index is 0.0155. The van der Waals surface area contributed by atoms with Crippen molar-refractivity contribution in [2.45, 2.75) is 37.8 Å². The zero-order chi connectivity index (χ0) is 20.0. The summed E-state index contributed by atoms with van der Waals surface area (Å²) < 4.78 is 22.4. The van der Waals surface area contributed by atoms with Crippen LogP contribution in [0.5, 0.6) is 0 Å². The largest absolute Gasteiger partial charge is 0.344 e. The van der Waals surface area contributed by atoms with Gasteiger partial charge < -0.3 is 10.6 Å². The Balaban J connectivity index is 1.88. The van der Waals surface area contributed by atoms with E-state index in [1.807, 2.05) is 24.3 Å². The van der Waals surface area contributed by atoms with E-state index in [0.29, 0.717) is 5.56 Å². The summed E-state index contributed by atoms with van der Waals surface area (Å²) in [7, 11) is -3.76. The van der Waals surface area contributed by atoms with Crippen LogP contribution in [-0.4, -0.2) is 20.2 Å². The van der Waals surface area contributed by atoms with Crippen LogP contribution in [0.3, 0.4) is 0 Å². The third-order valence-electron chi connectivity index (χ3n) is 4.15. The smallest absolute Gasteiger partial charge is 0.309 e. The molecule has 27 heavy (non-hydrogen) atoms. The number of aryl methyl sites for hydroxylation is 1. The highest BCUT2D eigenvalue weighted by molar-refractivity contribution is 7.89. The standard InChI is InChI=1S/C19H23N3O4S/c1-3-14-4-8-16(9-5-14)13(2)22-19(24)18(23)21-12-15-6-10-17(11-7-15)27(20,25)26/h4-11,13H,3,12H2,1-2H3,(H,21,23)(H,22,24)(H2,20,25,26). The molecule has 0 aliphatic rings. The van der Waals surface area contributed by atoms with Crippen molar-refractivity contribution in [2.75, 3.05) is 0 Å². The summed E-state index contributed by atoms with van der Waals surface area (Å²) in [4.78, 5) is 24.0. The highest BCUT2D eigenvalue weighted by Gasteiger charge is 2.17. The number of nitrogens with one attached hydrogen (secondary N) is 2. The van der Waals surface area contributed by atoms with Crippen molar-refractivity contribution >= 4 is 21.8 Å². The normalized spacial score (nSPS) is 12.3. The van der Waals surface area contributed by atoms with Gasteiger partial charge in [-0.1, -0.05) is 43.3 Å². The number of hydrogen-bond acceptors (Lipinski definition) is 4. The molecule has 8 heteroatoms. The lowest BCUT2D eigenvalue weighted by atomic mass is 10.1. The van der Waals surface area contributed by atoms with Crippen molar-refractivity contribution in [1.82, 2.24) is 10.6 Å². The van der Waals surface area contributed by atoms with Gasteiger partial charge in [-0.05, 0) is 42.2 Å². The van der Waals surface area contributed by atoms with Gasteiger partial charge in [0.05, 0.1) is 10.9 Å². The molecule has 2 rings (SSSR count). The van der Waals surface area contributed by atoms with Crippen LogP contribution in [0.1, 0.15) is 36.6 Å². The number of primary sulfonamides is 1. The van der Waals surface area contributed by atoms with Crippen LogP contribution in [0.2, 0.25) is 0 Å². The molecule has 0 radical (unpaired) electrons. The molecule has 2 aromatic carbocycles. The Hall–Kier alpha value is -2.71. The monoisotopic (exact) mass is 389 g/mol. The first-order chi connectivity index (χ1) is 12.7. The van der Waals surface area contributed by atoms with Gasteiger partial charge in [0.15, 0.2) is 0 Å². The Kier molecular flexibility index (Phi) is 6.70. The first-order valence-electron chi connectivity index (χ1n) is 8.50. The topological polar surface area (TPSA) is 118 Å². The molecule has 0 aliphatic carbocycles. The van der Waals surface area contributed by atoms with Gasteiger partial charge in [-0.2, -0.15) is 0 Å². The van der Waals surface area contributed by atoms with Crippen molar-refractivity contribution in [1.29, 1.82) is 0 Å². The lowest BCUT2D eigenvalue weighted by molar-refractivity contribution is -0.139. The molecule has 0 heterocycles. The fourth-order valence-electron chi connectivity index (χ4n) is 2.45. The van der Waals surface area contributed by atoms with Gasteiger partial charge >= 0.3 is 11.8 Å². The second-order valence-corrected chi connectivity index (χ2v) is 7.72. The number of carbonyl (C=O) groups is 2. The second-order valence-electron chi connectivity index (χ2n) is 6.16. The van der Waals surface area contributed by atoms with E-state index in [9.17, 15) is 18.0 Å². The molecule has 0 fully saturated rings. The Bertz CT molecular complexity index is 907. The maximum absolute atomic E-state index is 12.0. The van der Waals surface area contributed by atoms with E-state index in [4.69, 9.17) is 5.14 Å². The first kappa shape index (κ1) is 20.6. The minimum atomic E-state index is -3.76. The average molecular weight is 389 g/mol. The third kappa shape index (κ3) is 5.90. The van der Waals surface area contributed by atoms with E-state index in [1.165, 1.54) is 29.8 Å². The fourth-order valence-corrected chi connectivity index (χ4v) is 2.96. The van der Waals surface area contributed by atoms with Crippen LogP contribution in [0.4, 0.5) is 0 Å². The van der Waals surface area contributed by atoms with E-state index in [-0.39, 0.29) is 17.5 Å². The lowest BCUT2D eigenvalue weighted by Crippen LogP contribution is -2.40. The minimum Gasteiger partial charge on any atom is -0.344 e. The van der Waals surface area contributed by atoms with Crippen molar-refractivity contribution < 1.29 is 18.0 Å². The van der Waals surface area contributed by atoms with Crippen molar-refractivity contribution in [3.63, 3.8) is 0 Å². The number of amides is 2. The predicted octanol–water partition coefficient (Wildman–Crippen LogP) is 1.39. The van der Waals surface area contributed by atoms with Crippen LogP contribution in [0.15, 0.2) is 53.4 Å². The summed E-state index contributed by atoms with van der Waals surface area (Å²) >= 11 is 0. The van der Waals surface area contributed by atoms with E-state index in [2.05, 4.69) is 17.6 Å². The highest BCUT2D eigenvalue weighted by Crippen LogP contribution is 2.13. The summed E-state index contributed by atoms with van der Waals surface area (Å²) in [6.07, 6.45) is 0.932. The number of sulfonamides is 1. The predicted molar refractivity (Wildman–Crippen MR) is 102 cm³/mol. The molecule has 0 aliphatic heterocycles. The summed E-state index contributed by atoms with van der Waals surface area (Å²) in [5.74, 6) is -1.49. The summed E-state index contributed by atoms with van der Waals surface area (Å²) in [5.41, 5.74) is 2.75. The Morgan fingerprint density at radius 3 is 2.04 bits per heavy atom. The molecule has 0 spiro atoms. The molecule has 2 amide bonds. The molecule has 2 aromatic rings. The molecule has 0 aromatic heterocycles. The maximum Gasteiger partial charge on any atom is 0.309 e. The second kappa shape index (κ2) is 8.79. The van der Waals surface area contributed by atoms with Crippen LogP contribution < -0.4 is 15.8 Å². The van der Waals surface area contributed by atoms with Gasteiger partial charge in [0.1, 0.15) is 0 Å². The van der Waals surface area contributed by atoms with E-state index < -0.39 is 21.8 Å². The fraction of sp³-hybridized carbons (Fsp3) is 0.263. The zero-order valence-electron chi connectivity index (χ0n) is 15.2. The van der Waals surface area contributed by atoms with Gasteiger partial charge in [0, 0.05) is 6.54 Å². The maximum atomic E-state index is 12.0. The molecule has 7 nitrogen and oxygen atoms in total. The van der Waals surface area contributed by atoms with Crippen molar-refractivity contribution in [3.8, 4) is 0 Å². The van der Waals surface area contributed by atoms with Gasteiger partial charge in [-0.3, -0.25) is 9.59 Å². The van der Waals surface area contributed by atoms with E-state index in [0.717, 1.165) is 12.0 Å². The first-order valence-corrected chi connectivity index (χ1v) is 10.0. The number of hydrogen-bond donors (Lipinski definition) is 3. The molecule has 0 bridgehead atoms. The molecule has 1 unspecified atom stereocenters. The summed E-state index contributed by atoms with van der Waals surface area (Å²) in [5, 5.41) is 10.2. The van der Waals surface area contributed by atoms with Gasteiger partial charge in [0.2, 0.25) is 10.0 Å². The Morgan fingerprint density at radius 2 is 1.52 bits per heavy atom. The molecular weight excluding hydrogens is 366 g/mol. The average Bonchev–Trinajstić information content (AvgIpc) is 2.65. The zero-order valence-corrected chi connectivity index (χ0v) is 16.0. The van der Waals surface area contributed by atoms with Crippen molar-refractivity contribution in [2.24, 2.45) is 5.14 Å². The quantitative estimate of drug-likeness (QED) is 0.647. The van der Waals surface area contributed by atoms with Crippen LogP contribution in [-0.2, 0) is 32.6 Å². The van der Waals surface area contributed by atoms with Crippen molar-refractivity contribution in [3.05, 3.63) is 65.2 Å². The number of carbonyl (C=O) groups excluding carboxylic acids is 2. The van der Waals surface area contributed by atoms with Gasteiger partial charge in [0.25, 0.3) is 0 Å². The molecule has 4 N–H and O–H groups in total. The summed E-state index contributed by atoms with van der Waals surface area (Å²) in [6.45, 7) is 3.96. The molecule has 0 saturated carbocycles.